The second kappa shape index (κ2) is 9.74. The molecule has 15 heteroatoms. The number of benzene rings is 1. The quantitative estimate of drug-likeness (QED) is 0.297. The third kappa shape index (κ3) is 4.17. The minimum atomic E-state index is -3.76. The zero-order valence-electron chi connectivity index (χ0n) is 23.5. The molecule has 0 saturated carbocycles. The van der Waals surface area contributed by atoms with Gasteiger partial charge in [-0.05, 0) is 49.9 Å². The van der Waals surface area contributed by atoms with Gasteiger partial charge in [0.15, 0.2) is 27.0 Å². The van der Waals surface area contributed by atoms with Gasteiger partial charge in [-0.15, -0.1) is 10.2 Å². The van der Waals surface area contributed by atoms with Gasteiger partial charge in [0.25, 0.3) is 5.91 Å². The summed E-state index contributed by atoms with van der Waals surface area (Å²) in [6, 6.07) is 9.31. The van der Waals surface area contributed by atoms with Crippen molar-refractivity contribution >= 4 is 27.2 Å². The molecule has 0 aliphatic carbocycles. The van der Waals surface area contributed by atoms with E-state index in [-0.39, 0.29) is 47.2 Å². The summed E-state index contributed by atoms with van der Waals surface area (Å²) in [5.41, 5.74) is 10.4. The van der Waals surface area contributed by atoms with E-state index < -0.39 is 9.84 Å². The maximum Gasteiger partial charge on any atom is 0.292 e. The molecule has 3 aliphatic rings. The Hall–Kier alpha value is -5.05. The van der Waals surface area contributed by atoms with Crippen LogP contribution in [0.2, 0.25) is 0 Å². The van der Waals surface area contributed by atoms with Gasteiger partial charge in [0.2, 0.25) is 12.6 Å². The number of rotatable bonds is 5. The molecule has 44 heavy (non-hydrogen) atoms. The number of aromatic nitrogens is 7. The molecule has 7 heterocycles. The second-order valence-electron chi connectivity index (χ2n) is 11.4. The summed E-state index contributed by atoms with van der Waals surface area (Å²) >= 11 is 0. The van der Waals surface area contributed by atoms with Crippen LogP contribution in [0.5, 0.6) is 11.5 Å². The molecule has 14 nitrogen and oxygen atoms in total. The normalized spacial score (nSPS) is 20.8. The molecule has 1 aromatic carbocycles. The Kier molecular flexibility index (Phi) is 5.88. The largest absolute Gasteiger partial charge is 0.454 e. The zero-order chi connectivity index (χ0) is 30.2. The molecule has 224 valence electrons. The fourth-order valence-corrected chi connectivity index (χ4v) is 7.88. The van der Waals surface area contributed by atoms with E-state index in [2.05, 4.69) is 25.3 Å². The van der Waals surface area contributed by atoms with Gasteiger partial charge in [-0.2, -0.15) is 9.61 Å². The molecule has 5 aromatic rings. The van der Waals surface area contributed by atoms with Crippen molar-refractivity contribution in [3.8, 4) is 33.9 Å². The molecule has 2 fully saturated rings. The molecule has 3 aliphatic heterocycles. The molecule has 8 rings (SSSR count). The number of ether oxygens (including phenoxy) is 2. The topological polar surface area (TPSA) is 184 Å². The number of pyridine rings is 1. The van der Waals surface area contributed by atoms with Crippen LogP contribution in [0.3, 0.4) is 0 Å². The minimum Gasteiger partial charge on any atom is -0.454 e. The first-order valence-electron chi connectivity index (χ1n) is 14.2. The molecule has 0 radical (unpaired) electrons. The minimum absolute atomic E-state index is 0.0104. The smallest absolute Gasteiger partial charge is 0.292 e. The van der Waals surface area contributed by atoms with Gasteiger partial charge >= 0.3 is 0 Å². The van der Waals surface area contributed by atoms with E-state index in [9.17, 15) is 13.2 Å². The Morgan fingerprint density at radius 3 is 2.52 bits per heavy atom. The number of nitrogens with zero attached hydrogens (tertiary/aromatic N) is 7. The van der Waals surface area contributed by atoms with Gasteiger partial charge in [-0.25, -0.2) is 13.4 Å². The molecule has 3 atom stereocenters. The summed E-state index contributed by atoms with van der Waals surface area (Å²) in [5, 5.41) is 12.1. The van der Waals surface area contributed by atoms with Crippen LogP contribution in [0.1, 0.15) is 47.9 Å². The number of nitrogens with two attached hydrogens (primary N) is 1. The summed E-state index contributed by atoms with van der Waals surface area (Å²) in [6.07, 6.45) is 8.59. The number of piperidine rings is 1. The Labute approximate surface area is 251 Å². The molecule has 2 saturated heterocycles. The first kappa shape index (κ1) is 26.6. The predicted octanol–water partition coefficient (Wildman–Crippen LogP) is 2.84. The molecule has 2 bridgehead atoms. The summed E-state index contributed by atoms with van der Waals surface area (Å²) in [4.78, 5) is 27.4. The van der Waals surface area contributed by atoms with Gasteiger partial charge in [0.1, 0.15) is 17.0 Å². The maximum atomic E-state index is 13.2. The van der Waals surface area contributed by atoms with E-state index in [1.165, 1.54) is 10.8 Å². The molecule has 3 N–H and O–H groups in total. The van der Waals surface area contributed by atoms with Crippen molar-refractivity contribution < 1.29 is 22.7 Å². The summed E-state index contributed by atoms with van der Waals surface area (Å²) < 4.78 is 38.5. The second-order valence-corrected chi connectivity index (χ2v) is 13.3. The van der Waals surface area contributed by atoms with Gasteiger partial charge in [0, 0.05) is 47.1 Å². The van der Waals surface area contributed by atoms with Crippen LogP contribution in [0, 0.1) is 0 Å². The number of anilines is 1. The van der Waals surface area contributed by atoms with Crippen LogP contribution in [0.4, 0.5) is 5.82 Å². The van der Waals surface area contributed by atoms with Crippen molar-refractivity contribution in [3.05, 3.63) is 60.6 Å². The van der Waals surface area contributed by atoms with E-state index in [1.807, 2.05) is 35.2 Å². The van der Waals surface area contributed by atoms with Gasteiger partial charge in [-0.3, -0.25) is 9.78 Å². The molecule has 4 aromatic heterocycles. The number of carbonyl (C=O) groups excluding carboxylic acids is 1. The van der Waals surface area contributed by atoms with E-state index >= 15 is 0 Å². The first-order valence-corrected chi connectivity index (χ1v) is 16.1. The number of sulfone groups is 1. The van der Waals surface area contributed by atoms with E-state index in [0.29, 0.717) is 41.2 Å². The number of hydrogen-bond donors (Lipinski definition) is 2. The van der Waals surface area contributed by atoms with Crippen LogP contribution < -0.4 is 15.2 Å². The molecule has 0 unspecified atom stereocenters. The maximum absolute atomic E-state index is 13.2. The van der Waals surface area contributed by atoms with Gasteiger partial charge < -0.3 is 25.1 Å². The molecular formula is C29H27N9O5S. The lowest BCUT2D eigenvalue weighted by Gasteiger charge is -2.38. The van der Waals surface area contributed by atoms with Crippen molar-refractivity contribution in [1.82, 2.24) is 39.7 Å². The van der Waals surface area contributed by atoms with Crippen LogP contribution in [0.25, 0.3) is 28.0 Å². The summed E-state index contributed by atoms with van der Waals surface area (Å²) in [6.45, 7) is 0.195. The van der Waals surface area contributed by atoms with Crippen molar-refractivity contribution in [2.75, 3.05) is 18.8 Å². The van der Waals surface area contributed by atoms with E-state index in [0.717, 1.165) is 35.9 Å². The number of H-pyrrole nitrogens is 1. The van der Waals surface area contributed by atoms with E-state index in [4.69, 9.17) is 20.2 Å². The van der Waals surface area contributed by atoms with Crippen LogP contribution in [0.15, 0.2) is 53.9 Å². The highest BCUT2D eigenvalue weighted by atomic mass is 32.2. The van der Waals surface area contributed by atoms with Crippen molar-refractivity contribution in [1.29, 1.82) is 0 Å². The zero-order valence-corrected chi connectivity index (χ0v) is 24.4. The number of aromatic amines is 1. The highest BCUT2D eigenvalue weighted by Crippen LogP contribution is 2.46. The summed E-state index contributed by atoms with van der Waals surface area (Å²) in [7, 11) is -3.76. The fourth-order valence-electron chi connectivity index (χ4n) is 6.82. The number of nitrogens with one attached hydrogen (secondary N) is 1. The molecular weight excluding hydrogens is 586 g/mol. The first-order chi connectivity index (χ1) is 21.3. The Morgan fingerprint density at radius 2 is 1.82 bits per heavy atom. The highest BCUT2D eigenvalue weighted by Gasteiger charge is 2.46. The van der Waals surface area contributed by atoms with Crippen LogP contribution in [-0.2, 0) is 9.84 Å². The molecule has 1 amide bonds. The Morgan fingerprint density at radius 1 is 1.05 bits per heavy atom. The number of hydrogen-bond acceptors (Lipinski definition) is 11. The lowest BCUT2D eigenvalue weighted by atomic mass is 9.87. The summed E-state index contributed by atoms with van der Waals surface area (Å²) in [5.74, 6) is 1.16. The van der Waals surface area contributed by atoms with Crippen LogP contribution in [-0.4, -0.2) is 79.1 Å². The Bertz CT molecular complexity index is 2030. The third-order valence-corrected chi connectivity index (χ3v) is 9.91. The lowest BCUT2D eigenvalue weighted by Crippen LogP contribution is -2.46. The third-order valence-electron chi connectivity index (χ3n) is 8.75. The van der Waals surface area contributed by atoms with Gasteiger partial charge in [-0.1, -0.05) is 6.07 Å². The highest BCUT2D eigenvalue weighted by molar-refractivity contribution is 7.91. The number of nitrogen functional groups attached to an aromatic ring is 1. The van der Waals surface area contributed by atoms with Gasteiger partial charge in [0.05, 0.1) is 17.6 Å². The SMILES string of the molecule is CS(=O)(=O)c1c([C@H]2C[C@H]3CC[C@@H](C2)N3C(=O)c2nnc[nH]2)nc2c(-c3ccc(-c4ccc5c(c4)OCO5)nc3)cnn2c1N. The lowest BCUT2D eigenvalue weighted by molar-refractivity contribution is 0.0556. The monoisotopic (exact) mass is 613 g/mol. The van der Waals surface area contributed by atoms with Crippen molar-refractivity contribution in [2.24, 2.45) is 0 Å². The Balaban J connectivity index is 1.16. The average Bonchev–Trinajstić information content (AvgIpc) is 3.82. The van der Waals surface area contributed by atoms with Crippen LogP contribution >= 0.6 is 0 Å². The average molecular weight is 614 g/mol. The van der Waals surface area contributed by atoms with Crippen molar-refractivity contribution in [3.63, 3.8) is 0 Å². The standard InChI is InChI=1S/C29H27N9O5S/c1-44(40,41)25-24(17-8-18-4-5-19(9-17)37(18)29(39)27-32-13-33-36-27)35-28-20(12-34-38(28)26(25)30)16-2-6-21(31-11-16)15-3-7-22-23(10-15)43-14-42-22/h2-3,6-7,10-13,17-19H,4-5,8-9,14,30H2,1H3,(H,32,33,36)/t17-,18+,19-. The fraction of sp³-hybridized carbons (Fsp3) is 0.310. The molecule has 0 spiro atoms. The van der Waals surface area contributed by atoms with E-state index in [1.54, 1.807) is 12.4 Å². The number of carbonyl (C=O) groups is 1. The predicted molar refractivity (Wildman–Crippen MR) is 157 cm³/mol. The van der Waals surface area contributed by atoms with Crippen molar-refractivity contribution in [2.45, 2.75) is 48.6 Å². The number of fused-ring (bicyclic) bond motifs is 4. The number of amides is 1.